The molecule has 0 spiro atoms. The van der Waals surface area contributed by atoms with Crippen molar-refractivity contribution in [1.82, 2.24) is 20.4 Å². The van der Waals surface area contributed by atoms with Crippen LogP contribution >= 0.6 is 0 Å². The smallest absolute Gasteiger partial charge is 0.333 e. The molecular formula is C24H34N4O4. The molecule has 0 fully saturated rings. The molecule has 0 radical (unpaired) electrons. The summed E-state index contributed by atoms with van der Waals surface area (Å²) < 4.78 is 7.02. The molecule has 0 saturated heterocycles. The number of amides is 2. The third-order valence-corrected chi connectivity index (χ3v) is 4.87. The average molecular weight is 443 g/mol. The molecule has 174 valence electrons. The zero-order valence-corrected chi connectivity index (χ0v) is 19.8. The highest BCUT2D eigenvalue weighted by atomic mass is 16.5. The molecule has 8 nitrogen and oxygen atoms in total. The van der Waals surface area contributed by atoms with Gasteiger partial charge in [-0.2, -0.15) is 5.10 Å². The first-order chi connectivity index (χ1) is 15.0. The lowest BCUT2D eigenvalue weighted by Gasteiger charge is -2.20. The Kier molecular flexibility index (Phi) is 8.57. The molecule has 1 unspecified atom stereocenters. The van der Waals surface area contributed by atoms with Crippen LogP contribution in [0.2, 0.25) is 0 Å². The molecule has 1 heterocycles. The van der Waals surface area contributed by atoms with Crippen LogP contribution in [0.15, 0.2) is 30.3 Å². The number of benzene rings is 1. The monoisotopic (exact) mass is 442 g/mol. The van der Waals surface area contributed by atoms with E-state index < -0.39 is 17.9 Å². The van der Waals surface area contributed by atoms with Crippen molar-refractivity contribution in [2.45, 2.75) is 60.5 Å². The van der Waals surface area contributed by atoms with E-state index in [9.17, 15) is 14.4 Å². The zero-order valence-electron chi connectivity index (χ0n) is 19.8. The number of aryl methyl sites for hydroxylation is 1. The van der Waals surface area contributed by atoms with Crippen LogP contribution in [0.4, 0.5) is 0 Å². The van der Waals surface area contributed by atoms with Gasteiger partial charge in [0.25, 0.3) is 0 Å². The standard InChI is InChI=1S/C24H34N4O4/c1-7-32-23(31)22(26-20(30)14-25-19(29)13-24(4,5)6)21-16(2)27-28(17(21)3)15-18-11-9-8-10-12-18/h8-12,22H,7,13-15H2,1-6H3,(H,25,29)(H,26,30). The quantitative estimate of drug-likeness (QED) is 0.582. The Labute approximate surface area is 189 Å². The fraction of sp³-hybridized carbons (Fsp3) is 0.500. The van der Waals surface area contributed by atoms with E-state index in [0.717, 1.165) is 11.3 Å². The Morgan fingerprint density at radius 1 is 1.09 bits per heavy atom. The van der Waals surface area contributed by atoms with Gasteiger partial charge in [-0.15, -0.1) is 0 Å². The summed E-state index contributed by atoms with van der Waals surface area (Å²) in [6.45, 7) is 11.7. The minimum absolute atomic E-state index is 0.184. The summed E-state index contributed by atoms with van der Waals surface area (Å²) in [6, 6.07) is 8.85. The number of nitrogens with one attached hydrogen (secondary N) is 2. The third-order valence-electron chi connectivity index (χ3n) is 4.87. The fourth-order valence-electron chi connectivity index (χ4n) is 3.45. The van der Waals surface area contributed by atoms with Crippen molar-refractivity contribution in [3.63, 3.8) is 0 Å². The van der Waals surface area contributed by atoms with Crippen molar-refractivity contribution >= 4 is 17.8 Å². The maximum Gasteiger partial charge on any atom is 0.333 e. The normalized spacial score (nSPS) is 12.2. The predicted octanol–water partition coefficient (Wildman–Crippen LogP) is 2.82. The fourth-order valence-corrected chi connectivity index (χ4v) is 3.45. The molecule has 0 bridgehead atoms. The van der Waals surface area contributed by atoms with E-state index in [1.54, 1.807) is 13.8 Å². The van der Waals surface area contributed by atoms with Crippen LogP contribution in [-0.2, 0) is 25.7 Å². The molecule has 0 saturated carbocycles. The van der Waals surface area contributed by atoms with E-state index in [-0.39, 0.29) is 24.5 Å². The van der Waals surface area contributed by atoms with Gasteiger partial charge in [0.1, 0.15) is 0 Å². The first-order valence-electron chi connectivity index (χ1n) is 10.8. The molecule has 2 N–H and O–H groups in total. The van der Waals surface area contributed by atoms with Gasteiger partial charge in [0, 0.05) is 17.7 Å². The van der Waals surface area contributed by atoms with E-state index in [0.29, 0.717) is 24.2 Å². The van der Waals surface area contributed by atoms with Crippen molar-refractivity contribution in [3.05, 3.63) is 52.8 Å². The Morgan fingerprint density at radius 3 is 2.34 bits per heavy atom. The largest absolute Gasteiger partial charge is 0.464 e. The van der Waals surface area contributed by atoms with Crippen LogP contribution in [0.1, 0.15) is 62.7 Å². The number of carbonyl (C=O) groups is 3. The van der Waals surface area contributed by atoms with Gasteiger partial charge in [-0.25, -0.2) is 4.79 Å². The first-order valence-corrected chi connectivity index (χ1v) is 10.8. The van der Waals surface area contributed by atoms with Crippen LogP contribution in [0.5, 0.6) is 0 Å². The van der Waals surface area contributed by atoms with E-state index in [1.165, 1.54) is 0 Å². The molecule has 1 atom stereocenters. The van der Waals surface area contributed by atoms with E-state index in [2.05, 4.69) is 15.7 Å². The lowest BCUT2D eigenvalue weighted by atomic mass is 9.92. The van der Waals surface area contributed by atoms with Crippen LogP contribution in [-0.4, -0.2) is 40.7 Å². The second-order valence-electron chi connectivity index (χ2n) is 8.99. The molecular weight excluding hydrogens is 408 g/mol. The maximum atomic E-state index is 12.7. The molecule has 1 aromatic heterocycles. The third kappa shape index (κ3) is 7.21. The van der Waals surface area contributed by atoms with Crippen LogP contribution in [0.3, 0.4) is 0 Å². The van der Waals surface area contributed by atoms with Gasteiger partial charge < -0.3 is 15.4 Å². The summed E-state index contributed by atoms with van der Waals surface area (Å²) in [5.74, 6) is -1.25. The van der Waals surface area contributed by atoms with E-state index in [4.69, 9.17) is 4.74 Å². The number of carbonyl (C=O) groups excluding carboxylic acids is 3. The van der Waals surface area contributed by atoms with Crippen LogP contribution in [0, 0.1) is 19.3 Å². The topological polar surface area (TPSA) is 102 Å². The van der Waals surface area contributed by atoms with Gasteiger partial charge in [-0.1, -0.05) is 51.1 Å². The van der Waals surface area contributed by atoms with E-state index in [1.807, 2.05) is 62.7 Å². The van der Waals surface area contributed by atoms with Gasteiger partial charge in [0.05, 0.1) is 25.4 Å². The highest BCUT2D eigenvalue weighted by Gasteiger charge is 2.30. The van der Waals surface area contributed by atoms with Gasteiger partial charge in [0.2, 0.25) is 11.8 Å². The number of nitrogens with zero attached hydrogens (tertiary/aromatic N) is 2. The second kappa shape index (κ2) is 10.9. The SMILES string of the molecule is CCOC(=O)C(NC(=O)CNC(=O)CC(C)(C)C)c1c(C)nn(Cc2ccccc2)c1C. The van der Waals surface area contributed by atoms with Crippen molar-refractivity contribution in [2.75, 3.05) is 13.2 Å². The Hall–Kier alpha value is -3.16. The number of rotatable bonds is 9. The van der Waals surface area contributed by atoms with Crippen molar-refractivity contribution in [2.24, 2.45) is 5.41 Å². The van der Waals surface area contributed by atoms with Gasteiger partial charge in [-0.05, 0) is 31.7 Å². The van der Waals surface area contributed by atoms with Crippen LogP contribution in [0.25, 0.3) is 0 Å². The first kappa shape index (κ1) is 25.1. The highest BCUT2D eigenvalue weighted by molar-refractivity contribution is 5.89. The minimum Gasteiger partial charge on any atom is -0.464 e. The molecule has 8 heteroatoms. The number of hydrogen-bond acceptors (Lipinski definition) is 5. The molecule has 32 heavy (non-hydrogen) atoms. The summed E-state index contributed by atoms with van der Waals surface area (Å²) in [5.41, 5.74) is 2.89. The Balaban J connectivity index is 2.19. The summed E-state index contributed by atoms with van der Waals surface area (Å²) in [4.78, 5) is 37.3. The Bertz CT molecular complexity index is 945. The maximum absolute atomic E-state index is 12.7. The van der Waals surface area contributed by atoms with Gasteiger partial charge in [0.15, 0.2) is 6.04 Å². The molecule has 0 aliphatic carbocycles. The molecule has 0 aliphatic heterocycles. The highest BCUT2D eigenvalue weighted by Crippen LogP contribution is 2.24. The molecule has 2 aromatic rings. The summed E-state index contributed by atoms with van der Waals surface area (Å²) in [6.07, 6.45) is 0.298. The van der Waals surface area contributed by atoms with Crippen LogP contribution < -0.4 is 10.6 Å². The summed E-state index contributed by atoms with van der Waals surface area (Å²) in [7, 11) is 0. The number of aromatic nitrogens is 2. The van der Waals surface area contributed by atoms with Crippen molar-refractivity contribution in [3.8, 4) is 0 Å². The van der Waals surface area contributed by atoms with Gasteiger partial charge in [-0.3, -0.25) is 14.3 Å². The van der Waals surface area contributed by atoms with Crippen molar-refractivity contribution in [1.29, 1.82) is 0 Å². The van der Waals surface area contributed by atoms with E-state index >= 15 is 0 Å². The summed E-state index contributed by atoms with van der Waals surface area (Å²) in [5, 5.41) is 9.90. The molecule has 0 aliphatic rings. The lowest BCUT2D eigenvalue weighted by molar-refractivity contribution is -0.147. The minimum atomic E-state index is -1.01. The molecule has 2 rings (SSSR count). The number of hydrogen-bond donors (Lipinski definition) is 2. The Morgan fingerprint density at radius 2 is 1.75 bits per heavy atom. The molecule has 2 amide bonds. The molecule has 1 aromatic carbocycles. The number of esters is 1. The lowest BCUT2D eigenvalue weighted by Crippen LogP contribution is -2.42. The summed E-state index contributed by atoms with van der Waals surface area (Å²) >= 11 is 0. The predicted molar refractivity (Wildman–Crippen MR) is 122 cm³/mol. The zero-order chi connectivity index (χ0) is 23.9. The average Bonchev–Trinajstić information content (AvgIpc) is 2.97. The van der Waals surface area contributed by atoms with Crippen molar-refractivity contribution < 1.29 is 19.1 Å². The second-order valence-corrected chi connectivity index (χ2v) is 8.99. The number of ether oxygens (including phenoxy) is 1. The van der Waals surface area contributed by atoms with Gasteiger partial charge >= 0.3 is 5.97 Å².